The second kappa shape index (κ2) is 9.88. The van der Waals surface area contributed by atoms with Crippen molar-refractivity contribution in [2.75, 3.05) is 35.5 Å². The van der Waals surface area contributed by atoms with E-state index in [0.717, 1.165) is 66.7 Å². The Kier molecular flexibility index (Phi) is 7.26. The van der Waals surface area contributed by atoms with Gasteiger partial charge in [-0.3, -0.25) is 0 Å². The Bertz CT molecular complexity index is 831. The summed E-state index contributed by atoms with van der Waals surface area (Å²) in [5, 5.41) is 0. The predicted octanol–water partition coefficient (Wildman–Crippen LogP) is 5.06. The first kappa shape index (κ1) is 21.3. The molecule has 1 atom stereocenters. The third-order valence-electron chi connectivity index (χ3n) is 5.74. The lowest BCUT2D eigenvalue weighted by atomic mass is 9.95. The summed E-state index contributed by atoms with van der Waals surface area (Å²) in [7, 11) is 8.50. The van der Waals surface area contributed by atoms with Gasteiger partial charge in [-0.05, 0) is 61.4 Å². The molecule has 0 saturated carbocycles. The lowest BCUT2D eigenvalue weighted by Gasteiger charge is -2.21. The largest absolute Gasteiger partial charge is 0.496 e. The summed E-state index contributed by atoms with van der Waals surface area (Å²) in [6.07, 6.45) is 6.35. The molecule has 0 spiro atoms. The molecule has 29 heavy (non-hydrogen) atoms. The maximum absolute atomic E-state index is 5.79. The van der Waals surface area contributed by atoms with Crippen molar-refractivity contribution in [1.29, 1.82) is 0 Å². The van der Waals surface area contributed by atoms with E-state index in [1.54, 1.807) is 28.4 Å². The van der Waals surface area contributed by atoms with E-state index in [-0.39, 0.29) is 6.10 Å². The summed E-state index contributed by atoms with van der Waals surface area (Å²) in [5.74, 6) is 2.83. The second-order valence-corrected chi connectivity index (χ2v) is 7.36. The van der Waals surface area contributed by atoms with Crippen LogP contribution in [-0.2, 0) is 17.6 Å². The lowest BCUT2D eigenvalue weighted by molar-refractivity contribution is 0.0860. The zero-order valence-electron chi connectivity index (χ0n) is 18.2. The topological polar surface area (TPSA) is 46.2 Å². The summed E-state index contributed by atoms with van der Waals surface area (Å²) in [4.78, 5) is 0. The molecule has 1 aliphatic carbocycles. The summed E-state index contributed by atoms with van der Waals surface area (Å²) in [6.45, 7) is 0. The van der Waals surface area contributed by atoms with Gasteiger partial charge >= 0.3 is 0 Å². The second-order valence-electron chi connectivity index (χ2n) is 7.36. The lowest BCUT2D eigenvalue weighted by Crippen LogP contribution is -2.11. The van der Waals surface area contributed by atoms with E-state index in [1.807, 2.05) is 13.2 Å². The van der Waals surface area contributed by atoms with Crippen molar-refractivity contribution >= 4 is 0 Å². The third-order valence-corrected chi connectivity index (χ3v) is 5.74. The van der Waals surface area contributed by atoms with Crippen LogP contribution in [0.2, 0.25) is 0 Å². The highest BCUT2D eigenvalue weighted by Gasteiger charge is 2.24. The van der Waals surface area contributed by atoms with Gasteiger partial charge in [-0.1, -0.05) is 12.5 Å². The maximum Gasteiger partial charge on any atom is 0.204 e. The van der Waals surface area contributed by atoms with Gasteiger partial charge in [-0.25, -0.2) is 0 Å². The van der Waals surface area contributed by atoms with Crippen molar-refractivity contribution < 1.29 is 23.7 Å². The average Bonchev–Trinajstić information content (AvgIpc) is 2.77. The Labute approximate surface area is 173 Å². The smallest absolute Gasteiger partial charge is 0.204 e. The fraction of sp³-hybridized carbons (Fsp3) is 0.500. The first-order valence-corrected chi connectivity index (χ1v) is 10.2. The van der Waals surface area contributed by atoms with E-state index >= 15 is 0 Å². The number of aryl methyl sites for hydroxylation is 2. The summed E-state index contributed by atoms with van der Waals surface area (Å²) in [5.41, 5.74) is 4.32. The van der Waals surface area contributed by atoms with E-state index in [9.17, 15) is 0 Å². The van der Waals surface area contributed by atoms with Crippen molar-refractivity contribution in [2.45, 2.75) is 44.6 Å². The van der Waals surface area contributed by atoms with Crippen LogP contribution in [0.15, 0.2) is 24.3 Å². The van der Waals surface area contributed by atoms with Crippen molar-refractivity contribution in [1.82, 2.24) is 0 Å². The van der Waals surface area contributed by atoms with Crippen LogP contribution >= 0.6 is 0 Å². The Balaban J connectivity index is 2.23. The molecule has 0 amide bonds. The van der Waals surface area contributed by atoms with E-state index in [2.05, 4.69) is 18.2 Å². The van der Waals surface area contributed by atoms with Gasteiger partial charge in [0.15, 0.2) is 11.5 Å². The monoisotopic (exact) mass is 400 g/mol. The third kappa shape index (κ3) is 4.45. The van der Waals surface area contributed by atoms with Gasteiger partial charge in [0.05, 0.1) is 34.5 Å². The molecule has 2 aromatic rings. The van der Waals surface area contributed by atoms with Crippen molar-refractivity contribution in [3.63, 3.8) is 0 Å². The average molecular weight is 401 g/mol. The standard InChI is InChI=1S/C24H32O5/c1-25-18-9-7-6-8-17-15-20(23(28-4)24(29-5)22(17)27-3)19-14-16(10-12-18)11-13-21(19)26-2/h11,13-15,18H,6-10,12H2,1-5H3/t18-/m0/s1. The van der Waals surface area contributed by atoms with Crippen LogP contribution in [0.25, 0.3) is 11.1 Å². The fourth-order valence-electron chi connectivity index (χ4n) is 4.19. The van der Waals surface area contributed by atoms with Crippen molar-refractivity contribution in [2.24, 2.45) is 0 Å². The van der Waals surface area contributed by atoms with Gasteiger partial charge in [-0.2, -0.15) is 0 Å². The maximum atomic E-state index is 5.79. The van der Waals surface area contributed by atoms with Crippen LogP contribution < -0.4 is 18.9 Å². The van der Waals surface area contributed by atoms with Crippen LogP contribution in [-0.4, -0.2) is 41.7 Å². The molecule has 5 nitrogen and oxygen atoms in total. The summed E-state index contributed by atoms with van der Waals surface area (Å²) >= 11 is 0. The van der Waals surface area contributed by atoms with Crippen LogP contribution in [0.4, 0.5) is 0 Å². The molecular formula is C24H32O5. The summed E-state index contributed by atoms with van der Waals surface area (Å²) in [6, 6.07) is 8.51. The Morgan fingerprint density at radius 3 is 2.10 bits per heavy atom. The van der Waals surface area contributed by atoms with Crippen molar-refractivity contribution in [3.8, 4) is 34.1 Å². The molecule has 0 aromatic heterocycles. The number of hydrogen-bond donors (Lipinski definition) is 0. The number of ether oxygens (including phenoxy) is 5. The molecule has 1 aliphatic rings. The normalized spacial score (nSPS) is 16.8. The van der Waals surface area contributed by atoms with E-state index < -0.39 is 0 Å². The number of fused-ring (bicyclic) bond motifs is 5. The molecule has 0 heterocycles. The molecule has 3 rings (SSSR count). The highest BCUT2D eigenvalue weighted by atomic mass is 16.5. The summed E-state index contributed by atoms with van der Waals surface area (Å²) < 4.78 is 28.7. The Morgan fingerprint density at radius 2 is 1.45 bits per heavy atom. The first-order valence-electron chi connectivity index (χ1n) is 10.2. The molecular weight excluding hydrogens is 368 g/mol. The quantitative estimate of drug-likeness (QED) is 0.702. The molecule has 0 radical (unpaired) electrons. The van der Waals surface area contributed by atoms with Gasteiger partial charge in [0.2, 0.25) is 5.75 Å². The molecule has 0 fully saturated rings. The van der Waals surface area contributed by atoms with Crippen LogP contribution in [0.1, 0.15) is 36.8 Å². The van der Waals surface area contributed by atoms with Crippen LogP contribution in [0.3, 0.4) is 0 Å². The van der Waals surface area contributed by atoms with Crippen LogP contribution in [0.5, 0.6) is 23.0 Å². The highest BCUT2D eigenvalue weighted by Crippen LogP contribution is 2.49. The van der Waals surface area contributed by atoms with E-state index in [1.165, 1.54) is 5.56 Å². The first-order chi connectivity index (χ1) is 14.2. The van der Waals surface area contributed by atoms with Gasteiger partial charge in [0, 0.05) is 18.2 Å². The number of methoxy groups -OCH3 is 5. The molecule has 0 N–H and O–H groups in total. The minimum atomic E-state index is 0.274. The van der Waals surface area contributed by atoms with Gasteiger partial charge in [0.25, 0.3) is 0 Å². The van der Waals surface area contributed by atoms with Gasteiger partial charge in [0.1, 0.15) is 5.75 Å². The molecule has 0 unspecified atom stereocenters. The highest BCUT2D eigenvalue weighted by molar-refractivity contribution is 5.82. The number of rotatable bonds is 5. The predicted molar refractivity (Wildman–Crippen MR) is 115 cm³/mol. The minimum absolute atomic E-state index is 0.274. The zero-order valence-corrected chi connectivity index (χ0v) is 18.2. The Morgan fingerprint density at radius 1 is 0.690 bits per heavy atom. The van der Waals surface area contributed by atoms with Gasteiger partial charge < -0.3 is 23.7 Å². The fourth-order valence-corrected chi connectivity index (χ4v) is 4.19. The SMILES string of the molecule is COc1ccc2cc1-c1cc(c(OC)c(OC)c1OC)CCCC[C@H](OC)CC2. The van der Waals surface area contributed by atoms with E-state index in [0.29, 0.717) is 11.5 Å². The van der Waals surface area contributed by atoms with Crippen molar-refractivity contribution in [3.05, 3.63) is 35.4 Å². The molecule has 4 bridgehead atoms. The van der Waals surface area contributed by atoms with Crippen LogP contribution in [0, 0.1) is 0 Å². The molecule has 5 heteroatoms. The molecule has 0 saturated heterocycles. The number of hydrogen-bond acceptors (Lipinski definition) is 5. The molecule has 2 aromatic carbocycles. The molecule has 0 aliphatic heterocycles. The molecule has 158 valence electrons. The minimum Gasteiger partial charge on any atom is -0.496 e. The van der Waals surface area contributed by atoms with E-state index in [4.69, 9.17) is 23.7 Å². The zero-order chi connectivity index (χ0) is 20.8. The Hall–Kier alpha value is -2.40. The number of benzene rings is 2. The van der Waals surface area contributed by atoms with Gasteiger partial charge in [-0.15, -0.1) is 0 Å².